The molecule has 3 saturated carbocycles. The van der Waals surface area contributed by atoms with Crippen molar-refractivity contribution in [3.63, 3.8) is 0 Å². The number of phenols is 1. The molecule has 15 nitrogen and oxygen atoms in total. The van der Waals surface area contributed by atoms with Crippen LogP contribution in [-0.2, 0) is 59.9 Å². The van der Waals surface area contributed by atoms with E-state index in [2.05, 4.69) is 15.3 Å². The van der Waals surface area contributed by atoms with Crippen LogP contribution in [0.2, 0.25) is 0 Å². The number of ether oxygens (including phenoxy) is 3. The molecule has 5 aromatic rings. The summed E-state index contributed by atoms with van der Waals surface area (Å²) in [7, 11) is 0. The van der Waals surface area contributed by atoms with Crippen molar-refractivity contribution >= 4 is 35.2 Å². The van der Waals surface area contributed by atoms with Gasteiger partial charge in [-0.2, -0.15) is 54.8 Å². The minimum atomic E-state index is -4.54. The lowest BCUT2D eigenvalue weighted by molar-refractivity contribution is -0.143. The van der Waals surface area contributed by atoms with Gasteiger partial charge in [-0.25, -0.2) is 9.59 Å². The summed E-state index contributed by atoms with van der Waals surface area (Å²) >= 11 is 5.54. The van der Waals surface area contributed by atoms with Gasteiger partial charge in [0.1, 0.15) is 29.3 Å². The van der Waals surface area contributed by atoms with Crippen LogP contribution in [0.3, 0.4) is 0 Å². The van der Waals surface area contributed by atoms with E-state index in [-0.39, 0.29) is 59.1 Å². The lowest BCUT2D eigenvalue weighted by atomic mass is 9.96. The third-order valence-corrected chi connectivity index (χ3v) is 15.2. The SMILES string of the molecule is CC(C)(C)OC(=O)N1CCc2cc(O)ccc21.CC(C)(C)OC(=O)N1CCc2cc(OCc3cn(C4CCCCC4)nc3C(F)(F)F)ccc21.FC(F)(F)c1nn(C2CCCCC2)cc1CCl.OCc1cn(C2CCCCC2)nc1C(F)(F)F. The third kappa shape index (κ3) is 17.7. The molecule has 2 aliphatic heterocycles. The molecular weight excluding hydrogens is 1140 g/mol. The maximum Gasteiger partial charge on any atom is 0.435 e. The highest BCUT2D eigenvalue weighted by molar-refractivity contribution is 6.17. The molecule has 2 amide bonds. The highest BCUT2D eigenvalue weighted by atomic mass is 35.5. The van der Waals surface area contributed by atoms with Crippen molar-refractivity contribution in [2.45, 2.75) is 218 Å². The number of aromatic nitrogens is 6. The second-order valence-electron chi connectivity index (χ2n) is 23.8. The molecule has 0 atom stereocenters. The molecule has 5 heterocycles. The zero-order valence-electron chi connectivity index (χ0n) is 48.3. The zero-order valence-corrected chi connectivity index (χ0v) is 49.0. The third-order valence-electron chi connectivity index (χ3n) is 14.9. The summed E-state index contributed by atoms with van der Waals surface area (Å²) in [5.41, 5.74) is -0.346. The summed E-state index contributed by atoms with van der Waals surface area (Å²) in [6, 6.07) is 10.4. The molecule has 0 unspecified atom stereocenters. The van der Waals surface area contributed by atoms with Crippen LogP contribution in [0.5, 0.6) is 11.5 Å². The van der Waals surface area contributed by atoms with E-state index in [0.29, 0.717) is 25.3 Å². The number of hydrogen-bond acceptors (Lipinski definition) is 10. The van der Waals surface area contributed by atoms with E-state index in [9.17, 15) is 54.2 Å². The van der Waals surface area contributed by atoms with Gasteiger partial charge in [-0.05, 0) is 140 Å². The molecule has 464 valence electrons. The first-order chi connectivity index (χ1) is 39.4. The average molecular weight is 1220 g/mol. The first-order valence-electron chi connectivity index (χ1n) is 28.6. The molecule has 0 radical (unpaired) electrons. The number of carbonyl (C=O) groups is 2. The predicted molar refractivity (Wildman–Crippen MR) is 297 cm³/mol. The Morgan fingerprint density at radius 3 is 1.29 bits per heavy atom. The molecule has 0 saturated heterocycles. The number of anilines is 2. The second-order valence-corrected chi connectivity index (χ2v) is 24.0. The molecule has 25 heteroatoms. The molecule has 3 aliphatic carbocycles. The van der Waals surface area contributed by atoms with Gasteiger partial charge in [0, 0.05) is 48.4 Å². The quantitative estimate of drug-likeness (QED) is 0.113. The maximum absolute atomic E-state index is 13.6. The van der Waals surface area contributed by atoms with Crippen molar-refractivity contribution in [3.8, 4) is 11.5 Å². The Morgan fingerprint density at radius 2 is 0.917 bits per heavy atom. The molecule has 2 N–H and O–H groups in total. The topological polar surface area (TPSA) is 162 Å². The Morgan fingerprint density at radius 1 is 0.548 bits per heavy atom. The molecule has 10 rings (SSSR count). The second kappa shape index (κ2) is 27.5. The zero-order chi connectivity index (χ0) is 61.4. The number of amides is 2. The number of aliphatic hydroxyl groups is 1. The normalized spacial score (nSPS) is 17.2. The maximum atomic E-state index is 13.6. The van der Waals surface area contributed by atoms with Crippen LogP contribution in [-0.4, -0.2) is 76.0 Å². The Hall–Kier alpha value is -6.17. The van der Waals surface area contributed by atoms with Gasteiger partial charge < -0.3 is 24.4 Å². The predicted octanol–water partition coefficient (Wildman–Crippen LogP) is 16.0. The van der Waals surface area contributed by atoms with E-state index in [1.165, 1.54) is 32.6 Å². The van der Waals surface area contributed by atoms with Crippen molar-refractivity contribution in [3.05, 3.63) is 99.9 Å². The Bertz CT molecular complexity index is 2910. The Labute approximate surface area is 488 Å². The minimum absolute atomic E-state index is 0.00688. The van der Waals surface area contributed by atoms with Crippen LogP contribution in [0.25, 0.3) is 0 Å². The monoisotopic (exact) mass is 1210 g/mol. The number of aliphatic hydroxyl groups excluding tert-OH is 1. The molecule has 3 fully saturated rings. The molecule has 0 spiro atoms. The van der Waals surface area contributed by atoms with Crippen molar-refractivity contribution < 1.29 is 73.5 Å². The summed E-state index contributed by atoms with van der Waals surface area (Å²) < 4.78 is 138. The Kier molecular flexibility index (Phi) is 21.4. The van der Waals surface area contributed by atoms with E-state index in [1.807, 2.05) is 41.5 Å². The number of benzene rings is 2. The number of alkyl halides is 10. The van der Waals surface area contributed by atoms with Gasteiger partial charge in [0.25, 0.3) is 0 Å². The van der Waals surface area contributed by atoms with Crippen LogP contribution >= 0.6 is 11.6 Å². The molecule has 84 heavy (non-hydrogen) atoms. The van der Waals surface area contributed by atoms with Gasteiger partial charge in [0.05, 0.1) is 42.0 Å². The van der Waals surface area contributed by atoms with Gasteiger partial charge >= 0.3 is 30.7 Å². The summed E-state index contributed by atoms with van der Waals surface area (Å²) in [5, 5.41) is 29.5. The summed E-state index contributed by atoms with van der Waals surface area (Å²) in [4.78, 5) is 27.6. The molecule has 3 aromatic heterocycles. The smallest absolute Gasteiger partial charge is 0.435 e. The first kappa shape index (κ1) is 65.4. The van der Waals surface area contributed by atoms with Crippen LogP contribution in [0.4, 0.5) is 60.5 Å². The van der Waals surface area contributed by atoms with E-state index in [4.69, 9.17) is 30.9 Å². The van der Waals surface area contributed by atoms with Crippen molar-refractivity contribution in [2.75, 3.05) is 22.9 Å². The summed E-state index contributed by atoms with van der Waals surface area (Å²) in [6.07, 6.45) is 6.28. The highest BCUT2D eigenvalue weighted by Crippen LogP contribution is 2.39. The minimum Gasteiger partial charge on any atom is -0.508 e. The fraction of sp³-hybridized carbons (Fsp3) is 0.610. The molecule has 5 aliphatic rings. The van der Waals surface area contributed by atoms with Crippen molar-refractivity contribution in [1.82, 2.24) is 29.3 Å². The van der Waals surface area contributed by atoms with E-state index >= 15 is 0 Å². The largest absolute Gasteiger partial charge is 0.508 e. The number of rotatable bonds is 8. The number of carbonyl (C=O) groups excluding carboxylic acids is 2. The van der Waals surface area contributed by atoms with Crippen molar-refractivity contribution in [2.24, 2.45) is 0 Å². The van der Waals surface area contributed by atoms with Crippen LogP contribution < -0.4 is 14.5 Å². The highest BCUT2D eigenvalue weighted by Gasteiger charge is 2.41. The fourth-order valence-corrected chi connectivity index (χ4v) is 11.1. The lowest BCUT2D eigenvalue weighted by Crippen LogP contribution is -2.35. The number of aromatic hydroxyl groups is 1. The Balaban J connectivity index is 0.000000170. The average Bonchev–Trinajstić information content (AvgIpc) is 4.49. The number of nitrogens with zero attached hydrogens (tertiary/aromatic N) is 8. The first-order valence-corrected chi connectivity index (χ1v) is 29.2. The van der Waals surface area contributed by atoms with Gasteiger partial charge in [-0.1, -0.05) is 57.8 Å². The number of halogens is 10. The van der Waals surface area contributed by atoms with E-state index in [0.717, 1.165) is 125 Å². The fourth-order valence-electron chi connectivity index (χ4n) is 11.0. The van der Waals surface area contributed by atoms with Crippen LogP contribution in [0, 0.1) is 0 Å². The van der Waals surface area contributed by atoms with Gasteiger partial charge in [-0.3, -0.25) is 23.8 Å². The van der Waals surface area contributed by atoms with Gasteiger partial charge in [0.15, 0.2) is 17.1 Å². The van der Waals surface area contributed by atoms with E-state index < -0.39 is 59.5 Å². The molecule has 0 bridgehead atoms. The van der Waals surface area contributed by atoms with E-state index in [1.54, 1.807) is 46.2 Å². The van der Waals surface area contributed by atoms with Crippen LogP contribution in [0.1, 0.15) is 201 Å². The lowest BCUT2D eigenvalue weighted by Gasteiger charge is -2.24. The van der Waals surface area contributed by atoms with Crippen LogP contribution in [0.15, 0.2) is 55.0 Å². The number of phenolic OH excluding ortho intramolecular Hbond substituents is 1. The van der Waals surface area contributed by atoms with Gasteiger partial charge in [-0.15, -0.1) is 11.6 Å². The summed E-state index contributed by atoms with van der Waals surface area (Å²) in [6.45, 7) is 11.2. The number of fused-ring (bicyclic) bond motifs is 2. The number of hydrogen-bond donors (Lipinski definition) is 2. The standard InChI is InChI=1S/C24H30F3N3O3.C13H17NO3.C11H14ClF3N2.C11H15F3N2O/c1-23(2,3)33-22(31)29-12-11-16-13-19(9-10-20(16)29)32-15-17-14-30(18-7-5-4-6-8-18)28-21(17)24(25,26)27;1-13(2,3)17-12(16)14-7-6-9-8-10(15)4-5-11(9)14;12-6-8-7-17(9-4-2-1-3-5-9)16-10(8)11(13,14)15;12-11(13,14)10-8(7-17)6-16(15-10)9-4-2-1-3-5-9/h9-10,13-14,18H,4-8,11-12,15H2,1-3H3;4-5,8,15H,6-7H2,1-3H3;7,9H,1-6H2;6,9,17H,1-5,7H2. The summed E-state index contributed by atoms with van der Waals surface area (Å²) in [5.74, 6) is 0.537. The molecule has 2 aromatic carbocycles. The molecular formula is C59H76ClF9N8O7. The van der Waals surface area contributed by atoms with Gasteiger partial charge in [0.2, 0.25) is 0 Å². The van der Waals surface area contributed by atoms with Crippen molar-refractivity contribution in [1.29, 1.82) is 0 Å².